The van der Waals surface area contributed by atoms with Crippen LogP contribution in [0.2, 0.25) is 0 Å². The molecule has 4 aromatic carbocycles. The van der Waals surface area contributed by atoms with Gasteiger partial charge in [-0.05, 0) is 69.7 Å². The summed E-state index contributed by atoms with van der Waals surface area (Å²) in [6.07, 6.45) is -5.71. The van der Waals surface area contributed by atoms with Gasteiger partial charge in [0.15, 0.2) is 17.9 Å². The smallest absolute Gasteiger partial charge is 0.357 e. The van der Waals surface area contributed by atoms with Crippen molar-refractivity contribution in [1.29, 1.82) is 0 Å². The Hall–Kier alpha value is -6.60. The van der Waals surface area contributed by atoms with E-state index in [-0.39, 0.29) is 46.8 Å². The average Bonchev–Trinajstić information content (AvgIpc) is 3.75. The van der Waals surface area contributed by atoms with Crippen LogP contribution in [0.25, 0.3) is 0 Å². The second-order valence-electron chi connectivity index (χ2n) is 14.0. The highest BCUT2D eigenvalue weighted by atomic mass is 16.7. The molecule has 0 spiro atoms. The van der Waals surface area contributed by atoms with E-state index in [4.69, 9.17) is 33.5 Å². The quantitative estimate of drug-likeness (QED) is 0.0910. The highest BCUT2D eigenvalue weighted by molar-refractivity contribution is 6.03. The zero-order valence-electron chi connectivity index (χ0n) is 31.9. The predicted octanol–water partition coefficient (Wildman–Crippen LogP) is 6.81. The molecule has 1 saturated heterocycles. The first kappa shape index (κ1) is 40.1. The number of aromatic nitrogens is 2. The lowest BCUT2D eigenvalue weighted by Crippen LogP contribution is -2.41. The zero-order valence-corrected chi connectivity index (χ0v) is 31.9. The van der Waals surface area contributed by atoms with Gasteiger partial charge >= 0.3 is 29.8 Å². The minimum absolute atomic E-state index is 0.0104. The molecule has 0 bridgehead atoms. The normalized spacial score (nSPS) is 17.6. The molecule has 1 aromatic heterocycles. The summed E-state index contributed by atoms with van der Waals surface area (Å²) in [4.78, 5) is 68.9. The number of hydrogen-bond acceptors (Lipinski definition) is 12. The standard InChI is InChI=1S/C44H42N2O11/c1-5-52-43(51)35-33(42(50)57-44(2,3)4)34(45-46(35)26-28-18-10-6-11-19-28)37-38(56-41(49)31-24-16-9-17-25-31)36(55-40(48)30-22-14-8-15-23-30)32(54-37)27-53-39(47)29-20-12-7-13-21-29/h6-25,32,36-38H,5,26-27H2,1-4H3/t32-,36-,37+,38-/m1/s1. The summed E-state index contributed by atoms with van der Waals surface area (Å²) >= 11 is 0. The topological polar surface area (TPSA) is 159 Å². The van der Waals surface area contributed by atoms with Crippen LogP contribution in [0.15, 0.2) is 121 Å². The summed E-state index contributed by atoms with van der Waals surface area (Å²) in [7, 11) is 0. The minimum atomic E-state index is -1.51. The lowest BCUT2D eigenvalue weighted by atomic mass is 10.0. The molecule has 0 aliphatic carbocycles. The minimum Gasteiger partial charge on any atom is -0.461 e. The van der Waals surface area contributed by atoms with Crippen LogP contribution in [-0.4, -0.2) is 76.8 Å². The van der Waals surface area contributed by atoms with Gasteiger partial charge in [-0.25, -0.2) is 24.0 Å². The molecular weight excluding hydrogens is 732 g/mol. The molecule has 0 radical (unpaired) electrons. The molecule has 13 heteroatoms. The molecule has 0 amide bonds. The van der Waals surface area contributed by atoms with Gasteiger partial charge in [-0.1, -0.05) is 84.9 Å². The summed E-state index contributed by atoms with van der Waals surface area (Å²) in [5.41, 5.74) is -0.405. The van der Waals surface area contributed by atoms with Gasteiger partial charge in [-0.15, -0.1) is 0 Å². The molecule has 1 aliphatic heterocycles. The molecule has 4 atom stereocenters. The van der Waals surface area contributed by atoms with Crippen LogP contribution in [0, 0.1) is 0 Å². The van der Waals surface area contributed by atoms with E-state index in [9.17, 15) is 24.0 Å². The van der Waals surface area contributed by atoms with Gasteiger partial charge in [0.25, 0.3) is 0 Å². The molecule has 5 aromatic rings. The Balaban J connectivity index is 1.51. The molecule has 1 fully saturated rings. The van der Waals surface area contributed by atoms with Gasteiger partial charge in [0.05, 0.1) is 29.8 Å². The summed E-state index contributed by atoms with van der Waals surface area (Å²) in [6, 6.07) is 33.5. The van der Waals surface area contributed by atoms with Gasteiger partial charge in [0, 0.05) is 0 Å². The van der Waals surface area contributed by atoms with E-state index in [2.05, 4.69) is 0 Å². The Morgan fingerprint density at radius 1 is 0.632 bits per heavy atom. The van der Waals surface area contributed by atoms with Crippen molar-refractivity contribution in [1.82, 2.24) is 9.78 Å². The summed E-state index contributed by atoms with van der Waals surface area (Å²) in [5.74, 6) is -4.11. The van der Waals surface area contributed by atoms with Crippen LogP contribution in [0.5, 0.6) is 0 Å². The number of carbonyl (C=O) groups is 5. The molecule has 57 heavy (non-hydrogen) atoms. The fourth-order valence-electron chi connectivity index (χ4n) is 6.19. The molecule has 2 heterocycles. The Kier molecular flexibility index (Phi) is 12.6. The van der Waals surface area contributed by atoms with Gasteiger partial charge in [0.1, 0.15) is 35.7 Å². The predicted molar refractivity (Wildman–Crippen MR) is 205 cm³/mol. The number of esters is 5. The molecule has 294 valence electrons. The zero-order chi connectivity index (χ0) is 40.5. The fourth-order valence-corrected chi connectivity index (χ4v) is 6.19. The Labute approximate surface area is 329 Å². The van der Waals surface area contributed by atoms with Crippen molar-refractivity contribution in [3.8, 4) is 0 Å². The Bertz CT molecular complexity index is 2180. The van der Waals surface area contributed by atoms with Gasteiger partial charge in [-0.3, -0.25) is 4.68 Å². The maximum Gasteiger partial charge on any atom is 0.357 e. The number of hydrogen-bond donors (Lipinski definition) is 0. The summed E-state index contributed by atoms with van der Waals surface area (Å²) in [6.45, 7) is 6.11. The number of carbonyl (C=O) groups excluding carboxylic acids is 5. The van der Waals surface area contributed by atoms with Crippen molar-refractivity contribution in [3.63, 3.8) is 0 Å². The summed E-state index contributed by atoms with van der Waals surface area (Å²) < 4.78 is 37.0. The van der Waals surface area contributed by atoms with Crippen LogP contribution in [-0.2, 0) is 35.0 Å². The molecule has 0 N–H and O–H groups in total. The molecule has 6 rings (SSSR count). The van der Waals surface area contributed by atoms with E-state index in [1.807, 2.05) is 30.3 Å². The second kappa shape index (κ2) is 17.9. The fraction of sp³-hybridized carbons (Fsp3) is 0.273. The second-order valence-corrected chi connectivity index (χ2v) is 14.0. The van der Waals surface area contributed by atoms with E-state index in [1.165, 1.54) is 16.8 Å². The van der Waals surface area contributed by atoms with E-state index in [0.29, 0.717) is 0 Å². The van der Waals surface area contributed by atoms with Gasteiger partial charge in [0.2, 0.25) is 0 Å². The Morgan fingerprint density at radius 3 is 1.63 bits per heavy atom. The lowest BCUT2D eigenvalue weighted by Gasteiger charge is -2.25. The molecule has 0 saturated carbocycles. The van der Waals surface area contributed by atoms with Crippen LogP contribution in [0.1, 0.15) is 97.0 Å². The van der Waals surface area contributed by atoms with Crippen molar-refractivity contribution < 1.29 is 52.4 Å². The molecule has 0 unspecified atom stereocenters. The third kappa shape index (κ3) is 9.80. The maximum atomic E-state index is 14.3. The largest absolute Gasteiger partial charge is 0.461 e. The van der Waals surface area contributed by atoms with Crippen LogP contribution >= 0.6 is 0 Å². The number of nitrogens with zero attached hydrogens (tertiary/aromatic N) is 2. The van der Waals surface area contributed by atoms with Crippen LogP contribution < -0.4 is 0 Å². The Morgan fingerprint density at radius 2 is 1.12 bits per heavy atom. The van der Waals surface area contributed by atoms with Crippen LogP contribution in [0.3, 0.4) is 0 Å². The first-order valence-electron chi connectivity index (χ1n) is 18.4. The average molecular weight is 775 g/mol. The van der Waals surface area contributed by atoms with Gasteiger partial charge in [-0.2, -0.15) is 5.10 Å². The van der Waals surface area contributed by atoms with Crippen molar-refractivity contribution >= 4 is 29.8 Å². The van der Waals surface area contributed by atoms with Crippen molar-refractivity contribution in [2.24, 2.45) is 0 Å². The highest BCUT2D eigenvalue weighted by Crippen LogP contribution is 2.41. The van der Waals surface area contributed by atoms with Gasteiger partial charge < -0.3 is 28.4 Å². The van der Waals surface area contributed by atoms with Crippen LogP contribution in [0.4, 0.5) is 0 Å². The first-order chi connectivity index (χ1) is 27.4. The number of rotatable bonds is 13. The van der Waals surface area contributed by atoms with E-state index >= 15 is 0 Å². The molecule has 13 nitrogen and oxygen atoms in total. The monoisotopic (exact) mass is 774 g/mol. The van der Waals surface area contributed by atoms with E-state index in [0.717, 1.165) is 5.56 Å². The van der Waals surface area contributed by atoms with E-state index in [1.54, 1.807) is 107 Å². The molecule has 1 aliphatic rings. The van der Waals surface area contributed by atoms with Crippen molar-refractivity contribution in [2.75, 3.05) is 13.2 Å². The third-order valence-corrected chi connectivity index (χ3v) is 8.70. The molecular formula is C44H42N2O11. The highest BCUT2D eigenvalue weighted by Gasteiger charge is 2.54. The number of ether oxygens (including phenoxy) is 6. The van der Waals surface area contributed by atoms with E-state index < -0.39 is 66.5 Å². The first-order valence-corrected chi connectivity index (χ1v) is 18.4. The van der Waals surface area contributed by atoms with Crippen molar-refractivity contribution in [2.45, 2.75) is 64.3 Å². The van der Waals surface area contributed by atoms with Crippen molar-refractivity contribution in [3.05, 3.63) is 161 Å². The number of benzene rings is 4. The SMILES string of the molecule is CCOC(=O)c1c(C(=O)OC(C)(C)C)c([C@@H]2O[C@H](COC(=O)c3ccccc3)[C@@H](OC(=O)c3ccccc3)[C@H]2OC(=O)c2ccccc2)nn1Cc1ccccc1. The summed E-state index contributed by atoms with van der Waals surface area (Å²) in [5, 5.41) is 4.77. The third-order valence-electron chi connectivity index (χ3n) is 8.70. The lowest BCUT2D eigenvalue weighted by molar-refractivity contribution is -0.0452. The maximum absolute atomic E-state index is 14.3.